The largest absolute Gasteiger partial charge is 0.452 e. The first kappa shape index (κ1) is 15.2. The maximum absolute atomic E-state index is 11.6. The zero-order chi connectivity index (χ0) is 15.2. The van der Waals surface area contributed by atoms with Gasteiger partial charge < -0.3 is 10.1 Å². The van der Waals surface area contributed by atoms with Crippen LogP contribution in [0.5, 0.6) is 0 Å². The summed E-state index contributed by atoms with van der Waals surface area (Å²) in [5, 5.41) is 2.95. The number of halogens is 2. The van der Waals surface area contributed by atoms with Crippen LogP contribution in [0.4, 0.5) is 5.82 Å². The highest BCUT2D eigenvalue weighted by Gasteiger charge is 2.12. The molecule has 0 aromatic carbocycles. The number of rotatable bonds is 4. The van der Waals surface area contributed by atoms with Gasteiger partial charge in [-0.2, -0.15) is 0 Å². The summed E-state index contributed by atoms with van der Waals surface area (Å²) in [4.78, 5) is 30.9. The Bertz CT molecular complexity index is 665. The number of esters is 1. The molecule has 2 heterocycles. The van der Waals surface area contributed by atoms with Crippen molar-refractivity contribution in [1.29, 1.82) is 0 Å². The van der Waals surface area contributed by atoms with Crippen LogP contribution in [-0.2, 0) is 9.53 Å². The molecule has 2 aromatic heterocycles. The van der Waals surface area contributed by atoms with Gasteiger partial charge in [-0.25, -0.2) is 9.78 Å². The van der Waals surface area contributed by atoms with E-state index in [2.05, 4.69) is 15.3 Å². The lowest BCUT2D eigenvalue weighted by Crippen LogP contribution is -2.21. The summed E-state index contributed by atoms with van der Waals surface area (Å²) in [6.07, 6.45) is 4.21. The predicted molar refractivity (Wildman–Crippen MR) is 77.4 cm³/mol. The molecule has 1 amide bonds. The first-order valence-electron chi connectivity index (χ1n) is 5.74. The first-order valence-corrected chi connectivity index (χ1v) is 6.50. The molecule has 6 nitrogen and oxygen atoms in total. The number of carbonyl (C=O) groups excluding carboxylic acids is 2. The van der Waals surface area contributed by atoms with E-state index in [1.807, 2.05) is 0 Å². The quantitative estimate of drug-likeness (QED) is 0.874. The van der Waals surface area contributed by atoms with Gasteiger partial charge in [0.1, 0.15) is 0 Å². The van der Waals surface area contributed by atoms with Gasteiger partial charge in [0.2, 0.25) is 0 Å². The van der Waals surface area contributed by atoms with Crippen LogP contribution in [0.1, 0.15) is 10.4 Å². The van der Waals surface area contributed by atoms with Crippen molar-refractivity contribution in [2.45, 2.75) is 0 Å². The predicted octanol–water partition coefficient (Wildman–Crippen LogP) is 2.58. The Hall–Kier alpha value is -2.18. The third kappa shape index (κ3) is 4.40. The van der Waals surface area contributed by atoms with E-state index in [1.165, 1.54) is 30.7 Å². The highest BCUT2D eigenvalue weighted by molar-refractivity contribution is 6.36. The van der Waals surface area contributed by atoms with Gasteiger partial charge in [-0.3, -0.25) is 9.78 Å². The molecule has 8 heteroatoms. The second kappa shape index (κ2) is 7.01. The number of aromatic nitrogens is 2. The molecule has 0 aliphatic carbocycles. The lowest BCUT2D eigenvalue weighted by molar-refractivity contribution is -0.119. The highest BCUT2D eigenvalue weighted by Crippen LogP contribution is 2.22. The zero-order valence-corrected chi connectivity index (χ0v) is 12.1. The lowest BCUT2D eigenvalue weighted by atomic mass is 10.3. The van der Waals surface area contributed by atoms with E-state index < -0.39 is 18.5 Å². The molecule has 2 aromatic rings. The number of hydrogen-bond acceptors (Lipinski definition) is 5. The number of hydrogen-bond donors (Lipinski definition) is 1. The average Bonchev–Trinajstić information content (AvgIpc) is 2.48. The van der Waals surface area contributed by atoms with Crippen LogP contribution in [0.3, 0.4) is 0 Å². The second-order valence-corrected chi connectivity index (χ2v) is 4.69. The topological polar surface area (TPSA) is 81.2 Å². The summed E-state index contributed by atoms with van der Waals surface area (Å²) in [5.74, 6) is -1.07. The van der Waals surface area contributed by atoms with E-state index >= 15 is 0 Å². The van der Waals surface area contributed by atoms with E-state index in [0.29, 0.717) is 5.02 Å². The zero-order valence-electron chi connectivity index (χ0n) is 10.5. The van der Waals surface area contributed by atoms with E-state index in [9.17, 15) is 9.59 Å². The summed E-state index contributed by atoms with van der Waals surface area (Å²) in [6.45, 7) is -0.464. The van der Waals surface area contributed by atoms with Gasteiger partial charge in [-0.1, -0.05) is 23.2 Å². The molecule has 0 unspecified atom stereocenters. The molecule has 108 valence electrons. The van der Waals surface area contributed by atoms with Crippen LogP contribution in [0.15, 0.2) is 36.8 Å². The number of ether oxygens (including phenoxy) is 1. The van der Waals surface area contributed by atoms with Gasteiger partial charge in [0, 0.05) is 18.6 Å². The molecule has 0 fully saturated rings. The Morgan fingerprint density at radius 3 is 2.76 bits per heavy atom. The number of nitrogens with zero attached hydrogens (tertiary/aromatic N) is 2. The van der Waals surface area contributed by atoms with Crippen molar-refractivity contribution in [3.8, 4) is 0 Å². The van der Waals surface area contributed by atoms with Crippen molar-refractivity contribution in [1.82, 2.24) is 9.97 Å². The number of nitrogens with one attached hydrogen (secondary N) is 1. The third-order valence-electron chi connectivity index (χ3n) is 2.30. The first-order chi connectivity index (χ1) is 10.1. The van der Waals surface area contributed by atoms with Crippen molar-refractivity contribution in [3.63, 3.8) is 0 Å². The van der Waals surface area contributed by atoms with Crippen molar-refractivity contribution >= 4 is 40.9 Å². The molecule has 0 bridgehead atoms. The summed E-state index contributed by atoms with van der Waals surface area (Å²) in [7, 11) is 0. The fourth-order valence-electron chi connectivity index (χ4n) is 1.37. The minimum atomic E-state index is -0.645. The van der Waals surface area contributed by atoms with E-state index in [0.717, 1.165) is 0 Å². The maximum atomic E-state index is 11.6. The van der Waals surface area contributed by atoms with Gasteiger partial charge in [-0.05, 0) is 18.2 Å². The summed E-state index contributed by atoms with van der Waals surface area (Å²) >= 11 is 11.5. The Morgan fingerprint density at radius 1 is 1.29 bits per heavy atom. The smallest absolute Gasteiger partial charge is 0.340 e. The van der Waals surface area contributed by atoms with Gasteiger partial charge in [0.25, 0.3) is 5.91 Å². The number of amides is 1. The molecule has 0 spiro atoms. The van der Waals surface area contributed by atoms with Crippen molar-refractivity contribution in [2.75, 3.05) is 11.9 Å². The minimum Gasteiger partial charge on any atom is -0.452 e. The van der Waals surface area contributed by atoms with Gasteiger partial charge in [0.05, 0.1) is 15.6 Å². The van der Waals surface area contributed by atoms with Gasteiger partial charge >= 0.3 is 5.97 Å². The van der Waals surface area contributed by atoms with E-state index in [-0.39, 0.29) is 16.4 Å². The van der Waals surface area contributed by atoms with Gasteiger partial charge in [-0.15, -0.1) is 0 Å². The fraction of sp³-hybridized carbons (Fsp3) is 0.0769. The average molecular weight is 326 g/mol. The van der Waals surface area contributed by atoms with Crippen LogP contribution < -0.4 is 5.32 Å². The Balaban J connectivity index is 1.89. The van der Waals surface area contributed by atoms with Crippen LogP contribution in [0.25, 0.3) is 0 Å². The lowest BCUT2D eigenvalue weighted by Gasteiger charge is -2.07. The van der Waals surface area contributed by atoms with Crippen LogP contribution >= 0.6 is 23.2 Å². The second-order valence-electron chi connectivity index (χ2n) is 3.85. The highest BCUT2D eigenvalue weighted by atomic mass is 35.5. The fourth-order valence-corrected chi connectivity index (χ4v) is 1.80. The molecule has 2 rings (SSSR count). The summed E-state index contributed by atoms with van der Waals surface area (Å²) in [6, 6.07) is 4.56. The molecular weight excluding hydrogens is 317 g/mol. The molecule has 0 saturated carbocycles. The van der Waals surface area contributed by atoms with Gasteiger partial charge in [0.15, 0.2) is 12.4 Å². The molecule has 0 atom stereocenters. The SMILES string of the molecule is O=C(COC(=O)c1cccnc1)Nc1ncc(Cl)cc1Cl. The molecule has 1 N–H and O–H groups in total. The number of pyridine rings is 2. The molecular formula is C13H9Cl2N3O3. The van der Waals surface area contributed by atoms with Crippen LogP contribution in [0.2, 0.25) is 10.0 Å². The maximum Gasteiger partial charge on any atom is 0.340 e. The van der Waals surface area contributed by atoms with E-state index in [1.54, 1.807) is 6.07 Å². The molecule has 21 heavy (non-hydrogen) atoms. The Labute approximate surface area is 130 Å². The Morgan fingerprint density at radius 2 is 2.10 bits per heavy atom. The molecule has 0 aliphatic heterocycles. The summed E-state index contributed by atoms with van der Waals surface area (Å²) in [5.41, 5.74) is 0.257. The number of carbonyl (C=O) groups is 2. The third-order valence-corrected chi connectivity index (χ3v) is 2.79. The van der Waals surface area contributed by atoms with Crippen molar-refractivity contribution in [2.24, 2.45) is 0 Å². The standard InChI is InChI=1S/C13H9Cl2N3O3/c14-9-4-10(15)12(17-6-9)18-11(19)7-21-13(20)8-2-1-3-16-5-8/h1-6H,7H2,(H,17,18,19). The molecule has 0 radical (unpaired) electrons. The number of anilines is 1. The van der Waals surface area contributed by atoms with E-state index in [4.69, 9.17) is 27.9 Å². The normalized spacial score (nSPS) is 10.0. The van der Waals surface area contributed by atoms with Crippen molar-refractivity contribution in [3.05, 3.63) is 52.4 Å². The summed E-state index contributed by atoms with van der Waals surface area (Å²) < 4.78 is 4.84. The minimum absolute atomic E-state index is 0.142. The monoisotopic (exact) mass is 325 g/mol. The van der Waals surface area contributed by atoms with Crippen LogP contribution in [-0.4, -0.2) is 28.5 Å². The molecule has 0 saturated heterocycles. The Kier molecular flexibility index (Phi) is 5.08. The van der Waals surface area contributed by atoms with Crippen molar-refractivity contribution < 1.29 is 14.3 Å². The van der Waals surface area contributed by atoms with Crippen LogP contribution in [0, 0.1) is 0 Å². The molecule has 0 aliphatic rings.